The van der Waals surface area contributed by atoms with Crippen LogP contribution < -0.4 is 4.74 Å². The summed E-state index contributed by atoms with van der Waals surface area (Å²) in [5.74, 6) is -28.6. The summed E-state index contributed by atoms with van der Waals surface area (Å²) in [6, 6.07) is 0. The maximum atomic E-state index is 14.0. The summed E-state index contributed by atoms with van der Waals surface area (Å²) >= 11 is 0.0783. The van der Waals surface area contributed by atoms with Gasteiger partial charge in [-0.2, -0.15) is 48.3 Å². The van der Waals surface area contributed by atoms with E-state index in [0.717, 1.165) is 4.90 Å². The average molecular weight is 464 g/mol. The van der Waals surface area contributed by atoms with Crippen LogP contribution in [0.25, 0.3) is 5.57 Å². The van der Waals surface area contributed by atoms with E-state index < -0.39 is 61.8 Å². The second-order valence-corrected chi connectivity index (χ2v) is 6.62. The molecule has 0 saturated heterocycles. The SMILES string of the molecule is [2H]C([2H])([2H])N1CCC=C(c2nsnc2OC(F)(F)C(F)(F)C(F)(F)C(F)(F)C(C)(F)F)C1. The van der Waals surface area contributed by atoms with Crippen molar-refractivity contribution in [1.82, 2.24) is 13.6 Å². The van der Waals surface area contributed by atoms with Crippen LogP contribution in [0.5, 0.6) is 5.88 Å². The van der Waals surface area contributed by atoms with E-state index in [1.165, 1.54) is 6.08 Å². The molecule has 29 heavy (non-hydrogen) atoms. The Bertz CT molecular complexity index is 869. The van der Waals surface area contributed by atoms with Crippen molar-refractivity contribution in [2.75, 3.05) is 20.1 Å². The normalized spacial score (nSPS) is 20.0. The minimum Gasteiger partial charge on any atom is -0.407 e. The fraction of sp³-hybridized carbons (Fsp3) is 0.714. The van der Waals surface area contributed by atoms with E-state index in [-0.39, 0.29) is 30.3 Å². The highest BCUT2D eigenvalue weighted by Gasteiger charge is 2.87. The number of likely N-dealkylation sites (N-methyl/N-ethyl adjacent to an activating group) is 1. The number of ether oxygens (including phenoxy) is 1. The summed E-state index contributed by atoms with van der Waals surface area (Å²) in [6.45, 7) is -3.96. The third-order valence-electron chi connectivity index (χ3n) is 3.84. The summed E-state index contributed by atoms with van der Waals surface area (Å²) in [7, 11) is 0. The molecule has 0 saturated carbocycles. The molecule has 0 aromatic carbocycles. The van der Waals surface area contributed by atoms with E-state index in [1.54, 1.807) is 0 Å². The molecule has 0 fully saturated rings. The van der Waals surface area contributed by atoms with E-state index in [0.29, 0.717) is 0 Å². The second kappa shape index (κ2) is 7.25. The first-order valence-electron chi connectivity index (χ1n) is 9.02. The van der Waals surface area contributed by atoms with Crippen molar-refractivity contribution >= 4 is 17.3 Å². The van der Waals surface area contributed by atoms with Crippen LogP contribution in [-0.2, 0) is 0 Å². The van der Waals surface area contributed by atoms with Gasteiger partial charge >= 0.3 is 29.8 Å². The molecule has 166 valence electrons. The molecule has 1 aromatic rings. The summed E-state index contributed by atoms with van der Waals surface area (Å²) in [4.78, 5) is 0.871. The van der Waals surface area contributed by atoms with E-state index in [1.807, 2.05) is 0 Å². The standard InChI is InChI=1S/C14H13F10N3OS/c1-10(15,16)11(17,18)12(19,20)13(21,22)14(23,24)28-9-8(25-29-26-9)7-4-3-5-27(2)6-7/h4H,3,5-6H2,1-2H3/i2D3. The molecule has 2 rings (SSSR count). The minimum atomic E-state index is -7.26. The van der Waals surface area contributed by atoms with Gasteiger partial charge in [0.1, 0.15) is 5.69 Å². The quantitative estimate of drug-likeness (QED) is 0.544. The van der Waals surface area contributed by atoms with Gasteiger partial charge < -0.3 is 9.64 Å². The van der Waals surface area contributed by atoms with E-state index in [4.69, 9.17) is 4.11 Å². The van der Waals surface area contributed by atoms with E-state index in [2.05, 4.69) is 13.5 Å². The molecule has 0 unspecified atom stereocenters. The predicted octanol–water partition coefficient (Wildman–Crippen LogP) is 4.79. The lowest BCUT2D eigenvalue weighted by Gasteiger charge is -2.37. The Balaban J connectivity index is 2.38. The number of halogens is 10. The molecule has 0 amide bonds. The van der Waals surface area contributed by atoms with Crippen molar-refractivity contribution in [3.8, 4) is 5.88 Å². The molecular weight excluding hydrogens is 448 g/mol. The van der Waals surface area contributed by atoms with Crippen molar-refractivity contribution in [3.05, 3.63) is 11.8 Å². The van der Waals surface area contributed by atoms with Gasteiger partial charge in [-0.15, -0.1) is 4.37 Å². The zero-order valence-electron chi connectivity index (χ0n) is 17.1. The number of hydrogen-bond donors (Lipinski definition) is 0. The lowest BCUT2D eigenvalue weighted by atomic mass is 9.99. The summed E-state index contributed by atoms with van der Waals surface area (Å²) in [5.41, 5.74) is -0.886. The first-order valence-corrected chi connectivity index (χ1v) is 8.25. The largest absolute Gasteiger partial charge is 0.472 e. The van der Waals surface area contributed by atoms with Gasteiger partial charge in [0.25, 0.3) is 5.88 Å². The highest BCUT2D eigenvalue weighted by Crippen LogP contribution is 2.57. The maximum Gasteiger partial charge on any atom is 0.472 e. The monoisotopic (exact) mass is 464 g/mol. The Morgan fingerprint density at radius 3 is 2.17 bits per heavy atom. The fourth-order valence-corrected chi connectivity index (χ4v) is 2.72. The van der Waals surface area contributed by atoms with Gasteiger partial charge in [-0.1, -0.05) is 6.08 Å². The zero-order valence-corrected chi connectivity index (χ0v) is 15.0. The van der Waals surface area contributed by atoms with Gasteiger partial charge in [-0.05, 0) is 19.0 Å². The molecule has 0 spiro atoms. The van der Waals surface area contributed by atoms with Crippen molar-refractivity contribution in [3.63, 3.8) is 0 Å². The van der Waals surface area contributed by atoms with E-state index >= 15 is 0 Å². The molecule has 0 atom stereocenters. The van der Waals surface area contributed by atoms with Crippen LogP contribution in [0.2, 0.25) is 0 Å². The molecule has 0 N–H and O–H groups in total. The van der Waals surface area contributed by atoms with Crippen LogP contribution in [0, 0.1) is 0 Å². The molecule has 0 radical (unpaired) electrons. The van der Waals surface area contributed by atoms with Crippen molar-refractivity contribution in [2.45, 2.75) is 43.1 Å². The van der Waals surface area contributed by atoms with Crippen LogP contribution in [0.3, 0.4) is 0 Å². The Morgan fingerprint density at radius 2 is 1.62 bits per heavy atom. The van der Waals surface area contributed by atoms with Gasteiger partial charge in [-0.3, -0.25) is 0 Å². The van der Waals surface area contributed by atoms with E-state index in [9.17, 15) is 43.9 Å². The number of aromatic nitrogens is 2. The van der Waals surface area contributed by atoms with Gasteiger partial charge in [0.05, 0.1) is 11.7 Å². The summed E-state index contributed by atoms with van der Waals surface area (Å²) in [6.07, 6.45) is -5.15. The van der Waals surface area contributed by atoms with Gasteiger partial charge in [0, 0.05) is 24.1 Å². The lowest BCUT2D eigenvalue weighted by Crippen LogP contribution is -2.67. The topological polar surface area (TPSA) is 38.2 Å². The van der Waals surface area contributed by atoms with Gasteiger partial charge in [0.15, 0.2) is 0 Å². The number of nitrogens with zero attached hydrogens (tertiary/aromatic N) is 3. The first-order chi connectivity index (χ1) is 14.2. The number of rotatable bonds is 7. The van der Waals surface area contributed by atoms with Crippen LogP contribution in [0.4, 0.5) is 43.9 Å². The Labute approximate surface area is 165 Å². The average Bonchev–Trinajstić information content (AvgIpc) is 3.07. The van der Waals surface area contributed by atoms with Crippen LogP contribution in [-0.4, -0.2) is 63.5 Å². The molecule has 0 bridgehead atoms. The third-order valence-corrected chi connectivity index (χ3v) is 4.36. The first kappa shape index (κ1) is 19.3. The van der Waals surface area contributed by atoms with Crippen LogP contribution in [0.1, 0.15) is 23.2 Å². The second-order valence-electron chi connectivity index (χ2n) is 6.09. The molecule has 15 heteroatoms. The molecule has 2 heterocycles. The zero-order chi connectivity index (χ0) is 25.0. The fourth-order valence-electron chi connectivity index (χ4n) is 2.20. The van der Waals surface area contributed by atoms with Crippen LogP contribution in [0.15, 0.2) is 6.08 Å². The Hall–Kier alpha value is -1.64. The Kier molecular flexibility index (Phi) is 4.83. The van der Waals surface area contributed by atoms with Crippen molar-refractivity contribution in [1.29, 1.82) is 0 Å². The Morgan fingerprint density at radius 1 is 1.00 bits per heavy atom. The molecule has 1 aliphatic heterocycles. The minimum absolute atomic E-state index is 0.00544. The lowest BCUT2D eigenvalue weighted by molar-refractivity contribution is -0.429. The third kappa shape index (κ3) is 3.90. The number of hydrogen-bond acceptors (Lipinski definition) is 5. The van der Waals surface area contributed by atoms with Gasteiger partial charge in [0.2, 0.25) is 0 Å². The molecular formula is C14H13F10N3OS. The molecule has 0 aliphatic carbocycles. The van der Waals surface area contributed by atoms with Crippen molar-refractivity contribution < 1.29 is 52.8 Å². The highest BCUT2D eigenvalue weighted by atomic mass is 32.1. The van der Waals surface area contributed by atoms with Crippen LogP contribution >= 0.6 is 11.7 Å². The summed E-state index contributed by atoms with van der Waals surface area (Å²) in [5, 5.41) is 0. The molecule has 1 aliphatic rings. The van der Waals surface area contributed by atoms with Gasteiger partial charge in [-0.25, -0.2) is 0 Å². The maximum absolute atomic E-state index is 14.0. The highest BCUT2D eigenvalue weighted by molar-refractivity contribution is 6.99. The molecule has 1 aromatic heterocycles. The summed E-state index contributed by atoms with van der Waals surface area (Å²) < 4.78 is 167. The smallest absolute Gasteiger partial charge is 0.407 e. The van der Waals surface area contributed by atoms with Crippen molar-refractivity contribution in [2.24, 2.45) is 0 Å². The number of alkyl halides is 10. The predicted molar refractivity (Wildman–Crippen MR) is 81.0 cm³/mol. The molecule has 4 nitrogen and oxygen atoms in total.